The maximum absolute atomic E-state index is 6.32. The monoisotopic (exact) mass is 296 g/mol. The van der Waals surface area contributed by atoms with Gasteiger partial charge in [0.2, 0.25) is 0 Å². The van der Waals surface area contributed by atoms with E-state index in [1.807, 2.05) is 18.2 Å². The van der Waals surface area contributed by atoms with Crippen LogP contribution in [0.4, 0.5) is 0 Å². The summed E-state index contributed by atoms with van der Waals surface area (Å²) in [5, 5.41) is 0.805. The van der Waals surface area contributed by atoms with E-state index in [9.17, 15) is 0 Å². The number of rotatable bonds is 6. The molecule has 0 bridgehead atoms. The van der Waals surface area contributed by atoms with Crippen LogP contribution in [0.5, 0.6) is 0 Å². The third-order valence-corrected chi connectivity index (χ3v) is 4.24. The molecule has 1 fully saturated rings. The van der Waals surface area contributed by atoms with Gasteiger partial charge in [-0.15, -0.1) is 0 Å². The number of halogens is 1. The zero-order valence-corrected chi connectivity index (χ0v) is 13.0. The highest BCUT2D eigenvalue weighted by molar-refractivity contribution is 6.31. The normalized spacial score (nSPS) is 21.9. The summed E-state index contributed by atoms with van der Waals surface area (Å²) in [6.07, 6.45) is 3.72. The molecule has 0 amide bonds. The van der Waals surface area contributed by atoms with Gasteiger partial charge < -0.3 is 10.5 Å². The zero-order chi connectivity index (χ0) is 14.4. The Balaban J connectivity index is 2.05. The SMILES string of the molecule is CCCOC1CCCN(C(CN)c2ccccc2Cl)C1. The predicted molar refractivity (Wildman–Crippen MR) is 84.1 cm³/mol. The van der Waals surface area contributed by atoms with Crippen LogP contribution in [-0.2, 0) is 4.74 Å². The second-order valence-corrected chi connectivity index (χ2v) is 5.81. The minimum absolute atomic E-state index is 0.191. The number of nitrogens with two attached hydrogens (primary N) is 1. The van der Waals surface area contributed by atoms with Gasteiger partial charge in [-0.25, -0.2) is 0 Å². The van der Waals surface area contributed by atoms with E-state index in [4.69, 9.17) is 22.1 Å². The van der Waals surface area contributed by atoms with E-state index in [2.05, 4.69) is 17.9 Å². The average molecular weight is 297 g/mol. The second-order valence-electron chi connectivity index (χ2n) is 5.40. The van der Waals surface area contributed by atoms with Crippen LogP contribution in [0.3, 0.4) is 0 Å². The van der Waals surface area contributed by atoms with Crippen molar-refractivity contribution < 1.29 is 4.74 Å². The molecule has 20 heavy (non-hydrogen) atoms. The molecule has 4 heteroatoms. The van der Waals surface area contributed by atoms with Crippen molar-refractivity contribution in [1.82, 2.24) is 4.90 Å². The predicted octanol–water partition coefficient (Wildman–Crippen LogP) is 3.23. The van der Waals surface area contributed by atoms with Crippen molar-refractivity contribution in [2.45, 2.75) is 38.3 Å². The molecule has 2 atom stereocenters. The largest absolute Gasteiger partial charge is 0.377 e. The van der Waals surface area contributed by atoms with Crippen LogP contribution in [0.1, 0.15) is 37.8 Å². The van der Waals surface area contributed by atoms with Crippen molar-refractivity contribution in [2.75, 3.05) is 26.2 Å². The number of hydrogen-bond acceptors (Lipinski definition) is 3. The first kappa shape index (κ1) is 15.8. The highest BCUT2D eigenvalue weighted by Gasteiger charge is 2.27. The fraction of sp³-hybridized carbons (Fsp3) is 0.625. The molecule has 0 radical (unpaired) electrons. The molecule has 1 aromatic rings. The van der Waals surface area contributed by atoms with Gasteiger partial charge in [0.25, 0.3) is 0 Å². The standard InChI is InChI=1S/C16H25ClN2O/c1-2-10-20-13-6-5-9-19(12-13)16(11-18)14-7-3-4-8-15(14)17/h3-4,7-8,13,16H,2,5-6,9-12,18H2,1H3. The Hall–Kier alpha value is -0.610. The molecule has 2 rings (SSSR count). The van der Waals surface area contributed by atoms with Gasteiger partial charge in [-0.3, -0.25) is 4.90 Å². The van der Waals surface area contributed by atoms with Crippen LogP contribution < -0.4 is 5.73 Å². The van der Waals surface area contributed by atoms with E-state index >= 15 is 0 Å². The lowest BCUT2D eigenvalue weighted by Gasteiger charge is -2.38. The summed E-state index contributed by atoms with van der Waals surface area (Å²) in [7, 11) is 0. The van der Waals surface area contributed by atoms with Crippen LogP contribution in [0.2, 0.25) is 5.02 Å². The van der Waals surface area contributed by atoms with Crippen molar-refractivity contribution in [3.63, 3.8) is 0 Å². The molecular weight excluding hydrogens is 272 g/mol. The lowest BCUT2D eigenvalue weighted by molar-refractivity contribution is -0.0118. The summed E-state index contributed by atoms with van der Waals surface area (Å²) in [6, 6.07) is 8.20. The van der Waals surface area contributed by atoms with Crippen LogP contribution >= 0.6 is 11.6 Å². The van der Waals surface area contributed by atoms with Crippen molar-refractivity contribution in [3.05, 3.63) is 34.9 Å². The molecule has 1 aliphatic heterocycles. The molecule has 0 saturated carbocycles. The van der Waals surface area contributed by atoms with Gasteiger partial charge >= 0.3 is 0 Å². The molecule has 3 nitrogen and oxygen atoms in total. The number of ether oxygens (including phenoxy) is 1. The molecule has 0 aromatic heterocycles. The van der Waals surface area contributed by atoms with Crippen LogP contribution in [0, 0.1) is 0 Å². The Labute approximate surface area is 127 Å². The number of likely N-dealkylation sites (tertiary alicyclic amines) is 1. The molecule has 1 heterocycles. The van der Waals surface area contributed by atoms with E-state index < -0.39 is 0 Å². The number of nitrogens with zero attached hydrogens (tertiary/aromatic N) is 1. The van der Waals surface area contributed by atoms with Gasteiger partial charge in [0.05, 0.1) is 6.10 Å². The lowest BCUT2D eigenvalue weighted by Crippen LogP contribution is -2.44. The first-order valence-corrected chi connectivity index (χ1v) is 7.94. The fourth-order valence-electron chi connectivity index (χ4n) is 2.89. The minimum atomic E-state index is 0.191. The summed E-state index contributed by atoms with van der Waals surface area (Å²) in [6.45, 7) is 5.60. The van der Waals surface area contributed by atoms with E-state index in [0.29, 0.717) is 12.6 Å². The van der Waals surface area contributed by atoms with Gasteiger partial charge in [-0.2, -0.15) is 0 Å². The number of piperidine rings is 1. The molecule has 0 aliphatic carbocycles. The van der Waals surface area contributed by atoms with Crippen molar-refractivity contribution in [3.8, 4) is 0 Å². The molecule has 2 N–H and O–H groups in total. The first-order chi connectivity index (χ1) is 9.76. The third kappa shape index (κ3) is 3.95. The van der Waals surface area contributed by atoms with Crippen LogP contribution in [-0.4, -0.2) is 37.2 Å². The molecular formula is C16H25ClN2O. The topological polar surface area (TPSA) is 38.5 Å². The second kappa shape index (κ2) is 7.99. The third-order valence-electron chi connectivity index (χ3n) is 3.90. The van der Waals surface area contributed by atoms with Crippen LogP contribution in [0.15, 0.2) is 24.3 Å². The maximum Gasteiger partial charge on any atom is 0.0702 e. The number of hydrogen-bond donors (Lipinski definition) is 1. The van der Waals surface area contributed by atoms with Gasteiger partial charge in [0.15, 0.2) is 0 Å². The molecule has 2 unspecified atom stereocenters. The average Bonchev–Trinajstić information content (AvgIpc) is 2.48. The van der Waals surface area contributed by atoms with Gasteiger partial charge in [0.1, 0.15) is 0 Å². The van der Waals surface area contributed by atoms with Crippen molar-refractivity contribution >= 4 is 11.6 Å². The summed E-state index contributed by atoms with van der Waals surface area (Å²) < 4.78 is 5.91. The Kier molecular flexibility index (Phi) is 6.30. The van der Waals surface area contributed by atoms with E-state index in [0.717, 1.165) is 49.5 Å². The van der Waals surface area contributed by atoms with Crippen molar-refractivity contribution in [1.29, 1.82) is 0 Å². The molecule has 1 aromatic carbocycles. The zero-order valence-electron chi connectivity index (χ0n) is 12.2. The smallest absolute Gasteiger partial charge is 0.0702 e. The van der Waals surface area contributed by atoms with Crippen molar-refractivity contribution in [2.24, 2.45) is 5.73 Å². The Morgan fingerprint density at radius 2 is 2.25 bits per heavy atom. The lowest BCUT2D eigenvalue weighted by atomic mass is 10.0. The molecule has 112 valence electrons. The first-order valence-electron chi connectivity index (χ1n) is 7.56. The Morgan fingerprint density at radius 1 is 1.45 bits per heavy atom. The van der Waals surface area contributed by atoms with Crippen LogP contribution in [0.25, 0.3) is 0 Å². The van der Waals surface area contributed by atoms with E-state index in [1.54, 1.807) is 0 Å². The fourth-order valence-corrected chi connectivity index (χ4v) is 3.15. The summed E-state index contributed by atoms with van der Waals surface area (Å²) in [5.41, 5.74) is 7.14. The van der Waals surface area contributed by atoms with Gasteiger partial charge in [0, 0.05) is 30.8 Å². The highest BCUT2D eigenvalue weighted by Crippen LogP contribution is 2.29. The summed E-state index contributed by atoms with van der Waals surface area (Å²) in [4.78, 5) is 2.42. The number of benzene rings is 1. The highest BCUT2D eigenvalue weighted by atomic mass is 35.5. The molecule has 1 saturated heterocycles. The molecule has 0 spiro atoms. The summed E-state index contributed by atoms with van der Waals surface area (Å²) >= 11 is 6.32. The minimum Gasteiger partial charge on any atom is -0.377 e. The Morgan fingerprint density at radius 3 is 2.95 bits per heavy atom. The maximum atomic E-state index is 6.32. The van der Waals surface area contributed by atoms with Gasteiger partial charge in [-0.1, -0.05) is 36.7 Å². The molecule has 1 aliphatic rings. The van der Waals surface area contributed by atoms with E-state index in [-0.39, 0.29) is 6.04 Å². The van der Waals surface area contributed by atoms with Gasteiger partial charge in [-0.05, 0) is 37.4 Å². The van der Waals surface area contributed by atoms with E-state index in [1.165, 1.54) is 0 Å². The Bertz CT molecular complexity index is 413. The summed E-state index contributed by atoms with van der Waals surface area (Å²) in [5.74, 6) is 0. The quantitative estimate of drug-likeness (QED) is 0.876.